The van der Waals surface area contributed by atoms with Crippen LogP contribution in [0.2, 0.25) is 0 Å². The zero-order valence-electron chi connectivity index (χ0n) is 8.93. The van der Waals surface area contributed by atoms with E-state index in [4.69, 9.17) is 0 Å². The summed E-state index contributed by atoms with van der Waals surface area (Å²) in [5.74, 6) is 3.99. The third-order valence-electron chi connectivity index (χ3n) is 5.29. The molecule has 1 unspecified atom stereocenters. The maximum atomic E-state index is 2.53. The van der Waals surface area contributed by atoms with E-state index in [-0.39, 0.29) is 0 Å². The highest BCUT2D eigenvalue weighted by atomic mass is 14.6. The lowest BCUT2D eigenvalue weighted by Gasteiger charge is -2.43. The van der Waals surface area contributed by atoms with Crippen molar-refractivity contribution in [1.82, 2.24) is 0 Å². The van der Waals surface area contributed by atoms with Crippen molar-refractivity contribution in [2.75, 3.05) is 0 Å². The zero-order valence-corrected chi connectivity index (χ0v) is 8.93. The molecular formula is C12H22. The number of hydrogen-bond acceptors (Lipinski definition) is 0. The van der Waals surface area contributed by atoms with Crippen LogP contribution in [0.1, 0.15) is 47.0 Å². The molecule has 0 spiro atoms. The van der Waals surface area contributed by atoms with Crippen molar-refractivity contribution >= 4 is 0 Å². The monoisotopic (exact) mass is 166 g/mol. The molecule has 0 aromatic carbocycles. The first-order valence-electron chi connectivity index (χ1n) is 5.56. The van der Waals surface area contributed by atoms with Gasteiger partial charge in [-0.05, 0) is 48.3 Å². The summed E-state index contributed by atoms with van der Waals surface area (Å²) in [6.45, 7) is 9.85. The fraction of sp³-hybridized carbons (Fsp3) is 1.00. The van der Waals surface area contributed by atoms with Crippen LogP contribution in [0.25, 0.3) is 0 Å². The van der Waals surface area contributed by atoms with Crippen LogP contribution in [0.3, 0.4) is 0 Å². The Hall–Kier alpha value is 0. The van der Waals surface area contributed by atoms with Gasteiger partial charge in [0.15, 0.2) is 0 Å². The van der Waals surface area contributed by atoms with Crippen LogP contribution in [-0.4, -0.2) is 0 Å². The normalized spacial score (nSPS) is 52.2. The van der Waals surface area contributed by atoms with Gasteiger partial charge in [-0.25, -0.2) is 0 Å². The van der Waals surface area contributed by atoms with Gasteiger partial charge in [-0.15, -0.1) is 0 Å². The van der Waals surface area contributed by atoms with Crippen LogP contribution < -0.4 is 0 Å². The van der Waals surface area contributed by atoms with E-state index in [1.165, 1.54) is 19.3 Å². The molecule has 0 nitrogen and oxygen atoms in total. The van der Waals surface area contributed by atoms with Gasteiger partial charge in [-0.3, -0.25) is 0 Å². The van der Waals surface area contributed by atoms with Crippen LogP contribution in [-0.2, 0) is 0 Å². The van der Waals surface area contributed by atoms with Gasteiger partial charge >= 0.3 is 0 Å². The van der Waals surface area contributed by atoms with E-state index < -0.39 is 0 Å². The smallest absolute Gasteiger partial charge is 0.0246 e. The maximum absolute atomic E-state index is 2.53. The number of fused-ring (bicyclic) bond motifs is 2. The van der Waals surface area contributed by atoms with E-state index in [0.717, 1.165) is 23.7 Å². The number of hydrogen-bond donors (Lipinski definition) is 0. The van der Waals surface area contributed by atoms with Crippen LogP contribution in [0, 0.1) is 29.1 Å². The van der Waals surface area contributed by atoms with E-state index in [1.807, 2.05) is 0 Å². The molecule has 12 heavy (non-hydrogen) atoms. The van der Waals surface area contributed by atoms with Gasteiger partial charge in [-0.2, -0.15) is 0 Å². The second-order valence-corrected chi connectivity index (χ2v) is 5.58. The second-order valence-electron chi connectivity index (χ2n) is 5.58. The van der Waals surface area contributed by atoms with E-state index in [1.54, 1.807) is 0 Å². The Kier molecular flexibility index (Phi) is 1.79. The average Bonchev–Trinajstić information content (AvgIpc) is 2.55. The molecule has 0 heteroatoms. The Morgan fingerprint density at radius 3 is 2.25 bits per heavy atom. The Morgan fingerprint density at radius 1 is 1.25 bits per heavy atom. The molecule has 70 valence electrons. The first-order chi connectivity index (χ1) is 5.56. The summed E-state index contributed by atoms with van der Waals surface area (Å²) in [5.41, 5.74) is 0.670. The maximum Gasteiger partial charge on any atom is -0.0246 e. The Balaban J connectivity index is 2.26. The van der Waals surface area contributed by atoms with Gasteiger partial charge in [0.25, 0.3) is 0 Å². The third kappa shape index (κ3) is 0.843. The molecule has 0 aliphatic heterocycles. The Labute approximate surface area is 76.7 Å². The first-order valence-corrected chi connectivity index (χ1v) is 5.56. The van der Waals surface area contributed by atoms with Crippen molar-refractivity contribution in [3.8, 4) is 0 Å². The average molecular weight is 166 g/mol. The molecule has 0 heterocycles. The minimum absolute atomic E-state index is 0.670. The summed E-state index contributed by atoms with van der Waals surface area (Å²) in [6, 6.07) is 0. The highest BCUT2D eigenvalue weighted by Gasteiger charge is 2.54. The van der Waals surface area contributed by atoms with Crippen LogP contribution in [0.4, 0.5) is 0 Å². The molecule has 0 aromatic rings. The summed E-state index contributed by atoms with van der Waals surface area (Å²) in [4.78, 5) is 0. The first kappa shape index (κ1) is 8.59. The van der Waals surface area contributed by atoms with Gasteiger partial charge in [0.1, 0.15) is 0 Å². The van der Waals surface area contributed by atoms with Crippen molar-refractivity contribution in [1.29, 1.82) is 0 Å². The van der Waals surface area contributed by atoms with Crippen molar-refractivity contribution in [2.24, 2.45) is 29.1 Å². The number of rotatable bonds is 1. The summed E-state index contributed by atoms with van der Waals surface area (Å²) in [7, 11) is 0. The molecular weight excluding hydrogens is 144 g/mol. The standard InChI is InChI=1S/C12H22/c1-8(2)12(4)9(3)10-5-6-11(12)7-10/h8-11H,5-7H2,1-4H3/t9-,10-,11+,12?/m1/s1. The summed E-state index contributed by atoms with van der Waals surface area (Å²) < 4.78 is 0. The minimum Gasteiger partial charge on any atom is -0.0622 e. The van der Waals surface area contributed by atoms with Crippen LogP contribution >= 0.6 is 0 Å². The van der Waals surface area contributed by atoms with E-state index in [9.17, 15) is 0 Å². The summed E-state index contributed by atoms with van der Waals surface area (Å²) in [6.07, 6.45) is 4.58. The van der Waals surface area contributed by atoms with Gasteiger partial charge in [0.05, 0.1) is 0 Å². The lowest BCUT2D eigenvalue weighted by molar-refractivity contribution is 0.0571. The van der Waals surface area contributed by atoms with Crippen LogP contribution in [0.5, 0.6) is 0 Å². The van der Waals surface area contributed by atoms with Gasteiger partial charge in [0.2, 0.25) is 0 Å². The molecule has 4 atom stereocenters. The second kappa shape index (κ2) is 2.49. The summed E-state index contributed by atoms with van der Waals surface area (Å²) >= 11 is 0. The highest BCUT2D eigenvalue weighted by Crippen LogP contribution is 2.62. The Morgan fingerprint density at radius 2 is 1.92 bits per heavy atom. The predicted octanol–water partition coefficient (Wildman–Crippen LogP) is 3.71. The SMILES string of the molecule is CC(C)C1(C)[C@H]2CC[C@H](C2)[C@H]1C. The molecule has 0 saturated heterocycles. The lowest BCUT2D eigenvalue weighted by Crippen LogP contribution is -2.36. The molecule has 0 amide bonds. The molecule has 2 saturated carbocycles. The lowest BCUT2D eigenvalue weighted by atomic mass is 9.62. The van der Waals surface area contributed by atoms with Crippen molar-refractivity contribution in [3.05, 3.63) is 0 Å². The van der Waals surface area contributed by atoms with Gasteiger partial charge < -0.3 is 0 Å². The molecule has 2 aliphatic rings. The quantitative estimate of drug-likeness (QED) is 0.557. The predicted molar refractivity (Wildman–Crippen MR) is 52.9 cm³/mol. The molecule has 0 N–H and O–H groups in total. The largest absolute Gasteiger partial charge is 0.0622 e. The molecule has 2 rings (SSSR count). The molecule has 2 bridgehead atoms. The zero-order chi connectivity index (χ0) is 8.93. The molecule has 0 radical (unpaired) electrons. The third-order valence-corrected chi connectivity index (χ3v) is 5.29. The van der Waals surface area contributed by atoms with Crippen molar-refractivity contribution in [2.45, 2.75) is 47.0 Å². The fourth-order valence-electron chi connectivity index (χ4n) is 3.91. The Bertz CT molecular complexity index is 178. The topological polar surface area (TPSA) is 0 Å². The van der Waals surface area contributed by atoms with Crippen molar-refractivity contribution in [3.63, 3.8) is 0 Å². The molecule has 2 aliphatic carbocycles. The van der Waals surface area contributed by atoms with Gasteiger partial charge in [-0.1, -0.05) is 27.7 Å². The van der Waals surface area contributed by atoms with E-state index in [0.29, 0.717) is 5.41 Å². The van der Waals surface area contributed by atoms with Crippen molar-refractivity contribution < 1.29 is 0 Å². The fourth-order valence-corrected chi connectivity index (χ4v) is 3.91. The highest BCUT2D eigenvalue weighted by molar-refractivity contribution is 5.03. The molecule has 2 fully saturated rings. The van der Waals surface area contributed by atoms with E-state index in [2.05, 4.69) is 27.7 Å². The minimum atomic E-state index is 0.670. The van der Waals surface area contributed by atoms with E-state index >= 15 is 0 Å². The van der Waals surface area contributed by atoms with Crippen LogP contribution in [0.15, 0.2) is 0 Å². The molecule has 0 aromatic heterocycles. The van der Waals surface area contributed by atoms with Gasteiger partial charge in [0, 0.05) is 0 Å². The summed E-state index contributed by atoms with van der Waals surface area (Å²) in [5, 5.41) is 0.